The number of hydrogen-bond donors (Lipinski definition) is 2. The van der Waals surface area contributed by atoms with Crippen LogP contribution >= 0.6 is 0 Å². The molecule has 0 aliphatic carbocycles. The van der Waals surface area contributed by atoms with Crippen LogP contribution in [0.15, 0.2) is 42.5 Å². The Labute approximate surface area is 131 Å². The van der Waals surface area contributed by atoms with Crippen molar-refractivity contribution in [3.63, 3.8) is 0 Å². The molecule has 0 heterocycles. The van der Waals surface area contributed by atoms with Gasteiger partial charge in [0.1, 0.15) is 6.61 Å². The van der Waals surface area contributed by atoms with E-state index >= 15 is 0 Å². The summed E-state index contributed by atoms with van der Waals surface area (Å²) >= 11 is 0. The van der Waals surface area contributed by atoms with Crippen LogP contribution in [0.25, 0.3) is 0 Å². The third-order valence-corrected chi connectivity index (χ3v) is 2.88. The van der Waals surface area contributed by atoms with Gasteiger partial charge in [0, 0.05) is 24.0 Å². The van der Waals surface area contributed by atoms with Gasteiger partial charge in [-0.15, -0.1) is 0 Å². The second-order valence-corrected chi connectivity index (χ2v) is 4.64. The Morgan fingerprint density at radius 2 is 1.57 bits per heavy atom. The molecule has 0 aromatic heterocycles. The fraction of sp³-hybridized carbons (Fsp3) is 0.125. The maximum Gasteiger partial charge on any atom is 0.255 e. The zero-order valence-corrected chi connectivity index (χ0v) is 12.2. The van der Waals surface area contributed by atoms with Crippen molar-refractivity contribution in [2.75, 3.05) is 24.4 Å². The molecule has 7 heteroatoms. The van der Waals surface area contributed by atoms with Crippen molar-refractivity contribution in [2.24, 2.45) is 0 Å². The first kappa shape index (κ1) is 16.6. The number of anilines is 2. The van der Waals surface area contributed by atoms with Crippen LogP contribution in [0, 0.1) is 11.6 Å². The Balaban J connectivity index is 2.01. The number of halogens is 2. The maximum atomic E-state index is 13.1. The lowest BCUT2D eigenvalue weighted by Gasteiger charge is -2.08. The number of benzene rings is 2. The fourth-order valence-electron chi connectivity index (χ4n) is 1.81. The minimum Gasteiger partial charge on any atom is -0.375 e. The number of ether oxygens (including phenoxy) is 1. The van der Waals surface area contributed by atoms with Gasteiger partial charge in [0.25, 0.3) is 5.91 Å². The molecule has 23 heavy (non-hydrogen) atoms. The molecule has 5 nitrogen and oxygen atoms in total. The molecule has 2 N–H and O–H groups in total. The van der Waals surface area contributed by atoms with Crippen LogP contribution < -0.4 is 10.6 Å². The van der Waals surface area contributed by atoms with E-state index in [1.165, 1.54) is 13.2 Å². The molecule has 2 aromatic carbocycles. The minimum absolute atomic E-state index is 0.00127. The number of rotatable bonds is 5. The Bertz CT molecular complexity index is 718. The third kappa shape index (κ3) is 4.58. The maximum absolute atomic E-state index is 13.1. The molecule has 2 amide bonds. The van der Waals surface area contributed by atoms with E-state index in [4.69, 9.17) is 4.74 Å². The van der Waals surface area contributed by atoms with Gasteiger partial charge in [0.2, 0.25) is 5.91 Å². The second-order valence-electron chi connectivity index (χ2n) is 4.64. The van der Waals surface area contributed by atoms with Gasteiger partial charge in [-0.1, -0.05) is 0 Å². The molecular formula is C16H14F2N2O3. The van der Waals surface area contributed by atoms with Crippen molar-refractivity contribution in [1.82, 2.24) is 0 Å². The lowest BCUT2D eigenvalue weighted by atomic mass is 10.2. The van der Waals surface area contributed by atoms with Crippen molar-refractivity contribution in [3.8, 4) is 0 Å². The zero-order chi connectivity index (χ0) is 16.8. The standard InChI is InChI=1S/C16H14F2N2O3/c1-23-9-15(21)19-11-3-5-12(6-4-11)20-16(22)10-2-7-13(17)14(18)8-10/h2-8H,9H2,1H3,(H,19,21)(H,20,22). The van der Waals surface area contributed by atoms with E-state index in [0.29, 0.717) is 11.4 Å². The Morgan fingerprint density at radius 3 is 2.13 bits per heavy atom. The van der Waals surface area contributed by atoms with E-state index in [-0.39, 0.29) is 18.1 Å². The molecule has 0 unspecified atom stereocenters. The molecule has 0 saturated carbocycles. The van der Waals surface area contributed by atoms with E-state index < -0.39 is 17.5 Å². The van der Waals surface area contributed by atoms with Crippen molar-refractivity contribution in [1.29, 1.82) is 0 Å². The molecule has 0 bridgehead atoms. The van der Waals surface area contributed by atoms with E-state index in [9.17, 15) is 18.4 Å². The highest BCUT2D eigenvalue weighted by Crippen LogP contribution is 2.15. The van der Waals surface area contributed by atoms with Gasteiger partial charge >= 0.3 is 0 Å². The molecule has 0 atom stereocenters. The molecule has 120 valence electrons. The average molecular weight is 320 g/mol. The third-order valence-electron chi connectivity index (χ3n) is 2.88. The Morgan fingerprint density at radius 1 is 0.957 bits per heavy atom. The molecule has 2 rings (SSSR count). The van der Waals surface area contributed by atoms with Crippen LogP contribution in [0.1, 0.15) is 10.4 Å². The summed E-state index contributed by atoms with van der Waals surface area (Å²) in [6, 6.07) is 9.22. The topological polar surface area (TPSA) is 67.4 Å². The van der Waals surface area contributed by atoms with Crippen LogP contribution in [-0.4, -0.2) is 25.5 Å². The summed E-state index contributed by atoms with van der Waals surface area (Å²) < 4.78 is 30.6. The normalized spacial score (nSPS) is 10.2. The highest BCUT2D eigenvalue weighted by atomic mass is 19.2. The highest BCUT2D eigenvalue weighted by Gasteiger charge is 2.10. The van der Waals surface area contributed by atoms with Gasteiger partial charge in [-0.05, 0) is 42.5 Å². The summed E-state index contributed by atoms with van der Waals surface area (Å²) in [5.41, 5.74) is 0.990. The quantitative estimate of drug-likeness (QED) is 0.890. The number of methoxy groups -OCH3 is 1. The molecule has 0 radical (unpaired) electrons. The first-order valence-corrected chi connectivity index (χ1v) is 6.65. The number of hydrogen-bond acceptors (Lipinski definition) is 3. The number of nitrogens with one attached hydrogen (secondary N) is 2. The van der Waals surface area contributed by atoms with Gasteiger partial charge in [0.15, 0.2) is 11.6 Å². The first-order valence-electron chi connectivity index (χ1n) is 6.65. The Hall–Kier alpha value is -2.80. The van der Waals surface area contributed by atoms with E-state index in [0.717, 1.165) is 12.1 Å². The van der Waals surface area contributed by atoms with Gasteiger partial charge in [0.05, 0.1) is 0 Å². The summed E-state index contributed by atoms with van der Waals surface area (Å²) in [7, 11) is 1.41. The molecule has 0 saturated heterocycles. The molecule has 2 aromatic rings. The lowest BCUT2D eigenvalue weighted by Crippen LogP contribution is -2.17. The molecular weight excluding hydrogens is 306 g/mol. The van der Waals surface area contributed by atoms with Crippen molar-refractivity contribution in [2.45, 2.75) is 0 Å². The minimum atomic E-state index is -1.09. The molecule has 0 fully saturated rings. The summed E-state index contributed by atoms with van der Waals surface area (Å²) in [6.07, 6.45) is 0. The van der Waals surface area contributed by atoms with E-state index in [1.807, 2.05) is 0 Å². The van der Waals surface area contributed by atoms with E-state index in [2.05, 4.69) is 10.6 Å². The van der Waals surface area contributed by atoms with Crippen LogP contribution in [0.2, 0.25) is 0 Å². The lowest BCUT2D eigenvalue weighted by molar-refractivity contribution is -0.119. The predicted molar refractivity (Wildman–Crippen MR) is 81.3 cm³/mol. The second kappa shape index (κ2) is 7.46. The first-order chi connectivity index (χ1) is 11.0. The highest BCUT2D eigenvalue weighted by molar-refractivity contribution is 6.04. The smallest absolute Gasteiger partial charge is 0.255 e. The molecule has 0 aliphatic heterocycles. The average Bonchev–Trinajstić information content (AvgIpc) is 2.52. The van der Waals surface area contributed by atoms with Gasteiger partial charge in [-0.25, -0.2) is 8.78 Å². The zero-order valence-electron chi connectivity index (χ0n) is 12.2. The monoisotopic (exact) mass is 320 g/mol. The van der Waals surface area contributed by atoms with E-state index in [1.54, 1.807) is 24.3 Å². The van der Waals surface area contributed by atoms with Gasteiger partial charge < -0.3 is 15.4 Å². The van der Waals surface area contributed by atoms with Crippen LogP contribution in [0.4, 0.5) is 20.2 Å². The van der Waals surface area contributed by atoms with Crippen LogP contribution in [0.5, 0.6) is 0 Å². The van der Waals surface area contributed by atoms with Crippen LogP contribution in [0.3, 0.4) is 0 Å². The Kier molecular flexibility index (Phi) is 5.37. The summed E-state index contributed by atoms with van der Waals surface area (Å²) in [4.78, 5) is 23.3. The summed E-state index contributed by atoms with van der Waals surface area (Å²) in [6.45, 7) is -0.0609. The fourth-order valence-corrected chi connectivity index (χ4v) is 1.81. The molecule has 0 aliphatic rings. The number of amides is 2. The van der Waals surface area contributed by atoms with Crippen molar-refractivity contribution < 1.29 is 23.1 Å². The van der Waals surface area contributed by atoms with Crippen molar-refractivity contribution in [3.05, 3.63) is 59.7 Å². The van der Waals surface area contributed by atoms with Gasteiger partial charge in [-0.3, -0.25) is 9.59 Å². The van der Waals surface area contributed by atoms with Gasteiger partial charge in [-0.2, -0.15) is 0 Å². The largest absolute Gasteiger partial charge is 0.375 e. The van der Waals surface area contributed by atoms with Crippen molar-refractivity contribution >= 4 is 23.2 Å². The summed E-state index contributed by atoms with van der Waals surface area (Å²) in [5, 5.41) is 5.15. The molecule has 0 spiro atoms. The predicted octanol–water partition coefficient (Wildman–Crippen LogP) is 2.80. The SMILES string of the molecule is COCC(=O)Nc1ccc(NC(=O)c2ccc(F)c(F)c2)cc1. The number of carbonyl (C=O) groups excluding carboxylic acids is 2. The van der Waals surface area contributed by atoms with Crippen LogP contribution in [-0.2, 0) is 9.53 Å². The number of carbonyl (C=O) groups is 2. The summed E-state index contributed by atoms with van der Waals surface area (Å²) in [5.74, 6) is -2.97.